The molecule has 1 N–H and O–H groups in total. The van der Waals surface area contributed by atoms with E-state index in [0.717, 1.165) is 20.2 Å². The van der Waals surface area contributed by atoms with Crippen molar-refractivity contribution in [3.05, 3.63) is 57.0 Å². The normalized spacial score (nSPS) is 10.3. The average molecular weight is 360 g/mol. The van der Waals surface area contributed by atoms with Gasteiger partial charge in [-0.15, -0.1) is 0 Å². The van der Waals surface area contributed by atoms with Gasteiger partial charge in [-0.3, -0.25) is 4.98 Å². The third-order valence-corrected chi connectivity index (χ3v) is 3.02. The van der Waals surface area contributed by atoms with Gasteiger partial charge in [0.1, 0.15) is 5.82 Å². The lowest BCUT2D eigenvalue weighted by Crippen LogP contribution is -2.00. The van der Waals surface area contributed by atoms with Gasteiger partial charge in [-0.2, -0.15) is 0 Å². The van der Waals surface area contributed by atoms with Gasteiger partial charge in [0.2, 0.25) is 0 Å². The molecule has 0 amide bonds. The van der Waals surface area contributed by atoms with Gasteiger partial charge in [0.25, 0.3) is 0 Å². The maximum atomic E-state index is 13.1. The lowest BCUT2D eigenvalue weighted by atomic mass is 10.2. The summed E-state index contributed by atoms with van der Waals surface area (Å²) < 4.78 is 14.8. The van der Waals surface area contributed by atoms with Crippen LogP contribution >= 0.6 is 31.9 Å². The Morgan fingerprint density at radius 2 is 1.88 bits per heavy atom. The molecule has 0 radical (unpaired) electrons. The fraction of sp³-hybridized carbons (Fsp3) is 0.0833. The van der Waals surface area contributed by atoms with Crippen LogP contribution in [0.1, 0.15) is 5.56 Å². The van der Waals surface area contributed by atoms with Crippen LogP contribution in [0.5, 0.6) is 0 Å². The molecule has 2 rings (SSSR count). The molecule has 0 spiro atoms. The molecular formula is C12H9Br2FN2. The van der Waals surface area contributed by atoms with Crippen LogP contribution in [0.25, 0.3) is 0 Å². The number of hydrogen-bond acceptors (Lipinski definition) is 2. The zero-order valence-corrected chi connectivity index (χ0v) is 11.9. The van der Waals surface area contributed by atoms with Crippen LogP contribution in [0, 0.1) is 5.82 Å². The van der Waals surface area contributed by atoms with Crippen LogP contribution in [-0.4, -0.2) is 4.98 Å². The van der Waals surface area contributed by atoms with Gasteiger partial charge in [-0.25, -0.2) is 4.39 Å². The predicted octanol–water partition coefficient (Wildman–Crippen LogP) is 4.36. The maximum Gasteiger partial charge on any atom is 0.124 e. The molecule has 0 atom stereocenters. The van der Waals surface area contributed by atoms with Crippen molar-refractivity contribution in [3.63, 3.8) is 0 Å². The Morgan fingerprint density at radius 3 is 2.59 bits per heavy atom. The van der Waals surface area contributed by atoms with E-state index < -0.39 is 0 Å². The first-order valence-electron chi connectivity index (χ1n) is 4.93. The van der Waals surface area contributed by atoms with Crippen LogP contribution in [0.2, 0.25) is 0 Å². The Hall–Kier alpha value is -0.940. The summed E-state index contributed by atoms with van der Waals surface area (Å²) in [5, 5.41) is 3.18. The number of benzene rings is 1. The highest BCUT2D eigenvalue weighted by atomic mass is 79.9. The SMILES string of the molecule is Fc1cc(Br)cc(CNc2cncc(Br)c2)c1. The van der Waals surface area contributed by atoms with Crippen molar-refractivity contribution in [2.24, 2.45) is 0 Å². The summed E-state index contributed by atoms with van der Waals surface area (Å²) in [6, 6.07) is 6.73. The number of rotatable bonds is 3. The van der Waals surface area contributed by atoms with E-state index in [-0.39, 0.29) is 5.82 Å². The Kier molecular flexibility index (Phi) is 4.12. The van der Waals surface area contributed by atoms with E-state index in [1.54, 1.807) is 12.4 Å². The Balaban J connectivity index is 2.07. The summed E-state index contributed by atoms with van der Waals surface area (Å²) in [7, 11) is 0. The van der Waals surface area contributed by atoms with Crippen molar-refractivity contribution in [1.82, 2.24) is 4.98 Å². The van der Waals surface area contributed by atoms with E-state index in [2.05, 4.69) is 42.2 Å². The summed E-state index contributed by atoms with van der Waals surface area (Å²) in [6.45, 7) is 0.550. The van der Waals surface area contributed by atoms with E-state index in [9.17, 15) is 4.39 Å². The lowest BCUT2D eigenvalue weighted by Gasteiger charge is -2.07. The number of halogens is 3. The molecule has 0 aliphatic carbocycles. The van der Waals surface area contributed by atoms with Crippen LogP contribution in [0.3, 0.4) is 0 Å². The van der Waals surface area contributed by atoms with Gasteiger partial charge in [-0.1, -0.05) is 15.9 Å². The Morgan fingerprint density at radius 1 is 1.06 bits per heavy atom. The topological polar surface area (TPSA) is 24.9 Å². The third kappa shape index (κ3) is 3.78. The van der Waals surface area contributed by atoms with Crippen LogP contribution in [0.15, 0.2) is 45.6 Å². The van der Waals surface area contributed by atoms with Gasteiger partial charge < -0.3 is 5.32 Å². The van der Waals surface area contributed by atoms with Gasteiger partial charge >= 0.3 is 0 Å². The van der Waals surface area contributed by atoms with Gasteiger partial charge in [-0.05, 0) is 45.8 Å². The molecule has 0 fully saturated rings. The van der Waals surface area contributed by atoms with Crippen molar-refractivity contribution in [3.8, 4) is 0 Å². The molecule has 0 aliphatic heterocycles. The van der Waals surface area contributed by atoms with E-state index in [1.807, 2.05) is 12.1 Å². The molecule has 0 saturated heterocycles. The number of hydrogen-bond donors (Lipinski definition) is 1. The van der Waals surface area contributed by atoms with Crippen molar-refractivity contribution >= 4 is 37.5 Å². The number of pyridine rings is 1. The number of nitrogens with one attached hydrogen (secondary N) is 1. The van der Waals surface area contributed by atoms with Gasteiger partial charge in [0.05, 0.1) is 11.9 Å². The summed E-state index contributed by atoms with van der Waals surface area (Å²) in [5.74, 6) is -0.247. The lowest BCUT2D eigenvalue weighted by molar-refractivity contribution is 0.625. The standard InChI is InChI=1S/C12H9Br2FN2/c13-9-1-8(2-11(15)3-9)5-17-12-4-10(14)6-16-7-12/h1-4,6-7,17H,5H2. The molecule has 5 heteroatoms. The summed E-state index contributed by atoms with van der Waals surface area (Å²) in [6.07, 6.45) is 3.43. The summed E-state index contributed by atoms with van der Waals surface area (Å²) in [5.41, 5.74) is 1.76. The number of aromatic nitrogens is 1. The number of anilines is 1. The van der Waals surface area contributed by atoms with Crippen molar-refractivity contribution < 1.29 is 4.39 Å². The van der Waals surface area contributed by atoms with E-state index in [4.69, 9.17) is 0 Å². The fourth-order valence-corrected chi connectivity index (χ4v) is 2.30. The van der Waals surface area contributed by atoms with Crippen LogP contribution in [0.4, 0.5) is 10.1 Å². The zero-order valence-electron chi connectivity index (χ0n) is 8.75. The minimum Gasteiger partial charge on any atom is -0.380 e. The maximum absolute atomic E-state index is 13.1. The average Bonchev–Trinajstić information content (AvgIpc) is 2.25. The molecule has 17 heavy (non-hydrogen) atoms. The van der Waals surface area contributed by atoms with Gasteiger partial charge in [0, 0.05) is 21.7 Å². The molecule has 0 saturated carbocycles. The van der Waals surface area contributed by atoms with E-state index >= 15 is 0 Å². The van der Waals surface area contributed by atoms with Crippen LogP contribution in [-0.2, 0) is 6.54 Å². The summed E-state index contributed by atoms with van der Waals surface area (Å²) >= 11 is 6.60. The third-order valence-electron chi connectivity index (χ3n) is 2.12. The molecule has 0 aliphatic rings. The van der Waals surface area contributed by atoms with Crippen molar-refractivity contribution in [2.75, 3.05) is 5.32 Å². The minimum atomic E-state index is -0.247. The molecule has 0 bridgehead atoms. The van der Waals surface area contributed by atoms with E-state index in [0.29, 0.717) is 6.54 Å². The smallest absolute Gasteiger partial charge is 0.124 e. The Labute approximate surface area is 116 Å². The van der Waals surface area contributed by atoms with E-state index in [1.165, 1.54) is 12.1 Å². The molecule has 1 aromatic carbocycles. The first-order chi connectivity index (χ1) is 8.13. The highest BCUT2D eigenvalue weighted by molar-refractivity contribution is 9.10. The monoisotopic (exact) mass is 358 g/mol. The fourth-order valence-electron chi connectivity index (χ4n) is 1.43. The van der Waals surface area contributed by atoms with Crippen molar-refractivity contribution in [1.29, 1.82) is 0 Å². The van der Waals surface area contributed by atoms with Crippen molar-refractivity contribution in [2.45, 2.75) is 6.54 Å². The molecule has 2 nitrogen and oxygen atoms in total. The minimum absolute atomic E-state index is 0.247. The first kappa shape index (κ1) is 12.5. The molecule has 1 aromatic heterocycles. The number of nitrogens with zero attached hydrogens (tertiary/aromatic N) is 1. The second-order valence-corrected chi connectivity index (χ2v) is 5.35. The second-order valence-electron chi connectivity index (χ2n) is 3.52. The summed E-state index contributed by atoms with van der Waals surface area (Å²) in [4.78, 5) is 4.04. The zero-order chi connectivity index (χ0) is 12.3. The molecule has 1 heterocycles. The molecule has 88 valence electrons. The molecule has 0 unspecified atom stereocenters. The first-order valence-corrected chi connectivity index (χ1v) is 6.51. The van der Waals surface area contributed by atoms with Gasteiger partial charge in [0.15, 0.2) is 0 Å². The molecule has 2 aromatic rings. The Bertz CT molecular complexity index is 511. The van der Waals surface area contributed by atoms with Crippen LogP contribution < -0.4 is 5.32 Å². The quantitative estimate of drug-likeness (QED) is 0.880. The second kappa shape index (κ2) is 5.60. The largest absolute Gasteiger partial charge is 0.380 e. The highest BCUT2D eigenvalue weighted by Gasteiger charge is 2.00. The molecular weight excluding hydrogens is 351 g/mol. The highest BCUT2D eigenvalue weighted by Crippen LogP contribution is 2.17. The predicted molar refractivity (Wildman–Crippen MR) is 73.4 cm³/mol.